The Bertz CT molecular complexity index is 885. The summed E-state index contributed by atoms with van der Waals surface area (Å²) in [5, 5.41) is 2.48. The molecule has 2 heterocycles. The number of aliphatic imine (C=N–C) groups is 1. The fraction of sp³-hybridized carbons (Fsp3) is 0.579. The number of ether oxygens (including phenoxy) is 2. The number of amides is 1. The maximum absolute atomic E-state index is 15.1. The van der Waals surface area contributed by atoms with Gasteiger partial charge in [-0.15, -0.1) is 0 Å². The summed E-state index contributed by atoms with van der Waals surface area (Å²) in [6.45, 7) is 5.98. The molecule has 11 heteroatoms. The molecule has 1 fully saturated rings. The minimum Gasteiger partial charge on any atom is -0.444 e. The van der Waals surface area contributed by atoms with Crippen LogP contribution in [0.25, 0.3) is 0 Å². The number of rotatable bonds is 1. The van der Waals surface area contributed by atoms with Gasteiger partial charge < -0.3 is 15.2 Å². The normalized spacial score (nSPS) is 26.7. The van der Waals surface area contributed by atoms with Crippen LogP contribution in [0, 0.1) is 18.7 Å². The molecule has 30 heavy (non-hydrogen) atoms. The summed E-state index contributed by atoms with van der Waals surface area (Å²) in [7, 11) is 0. The quantitative estimate of drug-likeness (QED) is 0.498. The zero-order valence-corrected chi connectivity index (χ0v) is 17.7. The van der Waals surface area contributed by atoms with Gasteiger partial charge in [-0.05, 0) is 45.4 Å². The van der Waals surface area contributed by atoms with Crippen LogP contribution in [0.2, 0.25) is 0 Å². The molecule has 0 bridgehead atoms. The Hall–Kier alpha value is -2.01. The number of thioether (sulfide) groups is 1. The molecule has 1 saturated heterocycles. The van der Waals surface area contributed by atoms with Crippen LogP contribution in [-0.4, -0.2) is 41.5 Å². The van der Waals surface area contributed by atoms with E-state index in [-0.39, 0.29) is 27.7 Å². The van der Waals surface area contributed by atoms with Gasteiger partial charge in [0.05, 0.1) is 6.61 Å². The lowest BCUT2D eigenvalue weighted by Gasteiger charge is -2.37. The number of nitrogens with two attached hydrogens (primary N) is 1. The standard InChI is InChI=1S/C19H23F4N3O3S/c1-9-5-10(24)6-11(13(9)20)18-8-28-14(19(21,22)23)12(18)7-30-15(26-18)25-16(27)29-17(2,3)4/h5-6,12,14H,7-8,24H2,1-4H3,(H,25,26,27)/t12-,14+,18-/m1/s1. The Labute approximate surface area is 175 Å². The highest BCUT2D eigenvalue weighted by molar-refractivity contribution is 8.13. The highest BCUT2D eigenvalue weighted by Gasteiger charge is 2.62. The zero-order valence-electron chi connectivity index (χ0n) is 16.9. The zero-order chi connectivity index (χ0) is 22.5. The molecule has 166 valence electrons. The first-order valence-corrected chi connectivity index (χ1v) is 10.2. The number of nitrogens with one attached hydrogen (secondary N) is 1. The molecule has 6 nitrogen and oxygen atoms in total. The van der Waals surface area contributed by atoms with E-state index in [2.05, 4.69) is 10.3 Å². The molecular weight excluding hydrogens is 426 g/mol. The lowest BCUT2D eigenvalue weighted by Crippen LogP contribution is -2.47. The van der Waals surface area contributed by atoms with E-state index in [0.29, 0.717) is 0 Å². The Morgan fingerprint density at radius 2 is 2.03 bits per heavy atom. The molecule has 0 spiro atoms. The van der Waals surface area contributed by atoms with Crippen LogP contribution < -0.4 is 11.1 Å². The van der Waals surface area contributed by atoms with Crippen LogP contribution in [0.3, 0.4) is 0 Å². The topological polar surface area (TPSA) is 85.9 Å². The number of hydrogen-bond donors (Lipinski definition) is 2. The van der Waals surface area contributed by atoms with Gasteiger partial charge in [-0.1, -0.05) is 11.8 Å². The molecule has 2 aliphatic heterocycles. The average Bonchev–Trinajstić information content (AvgIpc) is 2.96. The van der Waals surface area contributed by atoms with Gasteiger partial charge in [-0.25, -0.2) is 14.2 Å². The summed E-state index contributed by atoms with van der Waals surface area (Å²) < 4.78 is 66.1. The van der Waals surface area contributed by atoms with Gasteiger partial charge in [0.25, 0.3) is 0 Å². The minimum atomic E-state index is -4.65. The van der Waals surface area contributed by atoms with E-state index < -0.39 is 47.9 Å². The van der Waals surface area contributed by atoms with Crippen molar-refractivity contribution in [3.05, 3.63) is 29.1 Å². The maximum Gasteiger partial charge on any atom is 0.415 e. The summed E-state index contributed by atoms with van der Waals surface area (Å²) >= 11 is 0.926. The van der Waals surface area contributed by atoms with E-state index >= 15 is 4.39 Å². The summed E-state index contributed by atoms with van der Waals surface area (Å²) in [5.41, 5.74) is 3.69. The van der Waals surface area contributed by atoms with Crippen molar-refractivity contribution in [3.8, 4) is 0 Å². The van der Waals surface area contributed by atoms with Gasteiger partial charge >= 0.3 is 12.3 Å². The number of carbonyl (C=O) groups is 1. The number of nitrogen functional groups attached to an aromatic ring is 1. The number of benzene rings is 1. The van der Waals surface area contributed by atoms with Crippen molar-refractivity contribution >= 4 is 28.7 Å². The van der Waals surface area contributed by atoms with Crippen molar-refractivity contribution in [2.75, 3.05) is 18.1 Å². The van der Waals surface area contributed by atoms with Crippen molar-refractivity contribution in [1.29, 1.82) is 0 Å². The second-order valence-electron chi connectivity index (χ2n) is 8.36. The number of hydrogen-bond acceptors (Lipinski definition) is 6. The van der Waals surface area contributed by atoms with Gasteiger partial charge in [0.2, 0.25) is 0 Å². The molecule has 1 aromatic rings. The van der Waals surface area contributed by atoms with E-state index in [9.17, 15) is 18.0 Å². The van der Waals surface area contributed by atoms with Crippen molar-refractivity contribution in [2.45, 2.75) is 51.1 Å². The molecule has 0 aliphatic carbocycles. The molecule has 0 unspecified atom stereocenters. The second kappa shape index (κ2) is 7.60. The predicted molar refractivity (Wildman–Crippen MR) is 106 cm³/mol. The van der Waals surface area contributed by atoms with Crippen LogP contribution in [0.5, 0.6) is 0 Å². The Kier molecular flexibility index (Phi) is 5.74. The summed E-state index contributed by atoms with van der Waals surface area (Å²) in [4.78, 5) is 16.5. The van der Waals surface area contributed by atoms with Crippen LogP contribution in [0.1, 0.15) is 31.9 Å². The SMILES string of the molecule is Cc1cc(N)cc([C@]23CO[C@H](C(F)(F)F)[C@H]2CSC(NC(=O)OC(C)(C)C)=N3)c1F. The van der Waals surface area contributed by atoms with Crippen LogP contribution in [-0.2, 0) is 15.0 Å². The second-order valence-corrected chi connectivity index (χ2v) is 9.37. The van der Waals surface area contributed by atoms with Gasteiger partial charge in [0.1, 0.15) is 17.0 Å². The van der Waals surface area contributed by atoms with E-state index in [1.54, 1.807) is 20.8 Å². The maximum atomic E-state index is 15.1. The molecule has 1 aromatic carbocycles. The third-order valence-electron chi connectivity index (χ3n) is 4.84. The first-order valence-electron chi connectivity index (χ1n) is 9.20. The fourth-order valence-corrected chi connectivity index (χ4v) is 4.81. The van der Waals surface area contributed by atoms with Gasteiger partial charge in [-0.3, -0.25) is 5.32 Å². The number of aryl methyl sites for hydroxylation is 1. The molecule has 0 radical (unpaired) electrons. The Morgan fingerprint density at radius 3 is 2.63 bits per heavy atom. The summed E-state index contributed by atoms with van der Waals surface area (Å²) in [6.07, 6.45) is -7.57. The molecule has 3 N–H and O–H groups in total. The number of alkyl carbamates (subject to hydrolysis) is 1. The number of amidine groups is 1. The molecule has 0 saturated carbocycles. The van der Waals surface area contributed by atoms with Crippen LogP contribution in [0.4, 0.5) is 28.0 Å². The Balaban J connectivity index is 2.07. The molecular formula is C19H23F4N3O3S. The third kappa shape index (κ3) is 4.36. The van der Waals surface area contributed by atoms with Gasteiger partial charge in [0, 0.05) is 22.9 Å². The monoisotopic (exact) mass is 449 g/mol. The van der Waals surface area contributed by atoms with E-state index in [4.69, 9.17) is 15.2 Å². The average molecular weight is 449 g/mol. The van der Waals surface area contributed by atoms with Crippen molar-refractivity contribution in [2.24, 2.45) is 10.9 Å². The molecule has 2 aliphatic rings. The third-order valence-corrected chi connectivity index (χ3v) is 5.83. The van der Waals surface area contributed by atoms with Gasteiger partial charge in [0.15, 0.2) is 11.3 Å². The fourth-order valence-electron chi connectivity index (χ4n) is 3.64. The lowest BCUT2D eigenvalue weighted by atomic mass is 9.78. The lowest BCUT2D eigenvalue weighted by molar-refractivity contribution is -0.215. The number of halogens is 4. The van der Waals surface area contributed by atoms with Crippen molar-refractivity contribution in [1.82, 2.24) is 5.32 Å². The highest BCUT2D eigenvalue weighted by atomic mass is 32.2. The summed E-state index contributed by atoms with van der Waals surface area (Å²) in [6, 6.07) is 2.67. The van der Waals surface area contributed by atoms with Crippen LogP contribution >= 0.6 is 11.8 Å². The number of nitrogens with zero attached hydrogens (tertiary/aromatic N) is 1. The van der Waals surface area contributed by atoms with Gasteiger partial charge in [-0.2, -0.15) is 13.2 Å². The Morgan fingerprint density at radius 1 is 1.37 bits per heavy atom. The number of carbonyl (C=O) groups excluding carboxylic acids is 1. The van der Waals surface area contributed by atoms with E-state index in [1.165, 1.54) is 19.1 Å². The van der Waals surface area contributed by atoms with Crippen molar-refractivity contribution in [3.63, 3.8) is 0 Å². The molecule has 3 rings (SSSR count). The minimum absolute atomic E-state index is 0.0337. The predicted octanol–water partition coefficient (Wildman–Crippen LogP) is 4.12. The molecule has 3 atom stereocenters. The number of fused-ring (bicyclic) bond motifs is 1. The van der Waals surface area contributed by atoms with E-state index in [0.717, 1.165) is 11.8 Å². The highest BCUT2D eigenvalue weighted by Crippen LogP contribution is 2.52. The smallest absolute Gasteiger partial charge is 0.415 e. The molecule has 1 amide bonds. The largest absolute Gasteiger partial charge is 0.444 e. The van der Waals surface area contributed by atoms with E-state index in [1.807, 2.05) is 0 Å². The number of anilines is 1. The van der Waals surface area contributed by atoms with Crippen molar-refractivity contribution < 1.29 is 31.8 Å². The first kappa shape index (κ1) is 22.7. The number of alkyl halides is 3. The van der Waals surface area contributed by atoms with Crippen LogP contribution in [0.15, 0.2) is 17.1 Å². The first-order chi connectivity index (χ1) is 13.7. The molecule has 0 aromatic heterocycles. The summed E-state index contributed by atoms with van der Waals surface area (Å²) in [5.74, 6) is -1.98.